The van der Waals surface area contributed by atoms with E-state index < -0.39 is 0 Å². The number of hydrogen-bond donors (Lipinski definition) is 1. The lowest BCUT2D eigenvalue weighted by Crippen LogP contribution is -2.48. The molecule has 0 saturated carbocycles. The van der Waals surface area contributed by atoms with E-state index in [1.165, 1.54) is 11.3 Å². The number of ether oxygens (including phenoxy) is 1. The van der Waals surface area contributed by atoms with Crippen LogP contribution >= 0.6 is 34.5 Å². The summed E-state index contributed by atoms with van der Waals surface area (Å²) in [6.07, 6.45) is -0.0967. The maximum atomic E-state index is 12.2. The summed E-state index contributed by atoms with van der Waals surface area (Å²) in [4.78, 5) is 13.9. The van der Waals surface area contributed by atoms with Crippen molar-refractivity contribution in [1.29, 1.82) is 0 Å². The molecule has 7 heteroatoms. The third kappa shape index (κ3) is 2.92. The van der Waals surface area contributed by atoms with Crippen LogP contribution in [0.5, 0.6) is 0 Å². The Balaban J connectivity index is 2.12. The first-order valence-electron chi connectivity index (χ1n) is 5.17. The lowest BCUT2D eigenvalue weighted by molar-refractivity contribution is -0.0167. The number of morpholine rings is 1. The molecule has 4 nitrogen and oxygen atoms in total. The van der Waals surface area contributed by atoms with Crippen molar-refractivity contribution in [3.63, 3.8) is 0 Å². The van der Waals surface area contributed by atoms with Gasteiger partial charge in [0.1, 0.15) is 4.34 Å². The highest BCUT2D eigenvalue weighted by Crippen LogP contribution is 2.32. The third-order valence-electron chi connectivity index (χ3n) is 2.58. The summed E-state index contributed by atoms with van der Waals surface area (Å²) in [5.74, 6) is -0.111. The summed E-state index contributed by atoms with van der Waals surface area (Å²) in [6.45, 7) is 1.96. The molecule has 1 aliphatic heterocycles. The Morgan fingerprint density at radius 2 is 2.41 bits per heavy atom. The van der Waals surface area contributed by atoms with E-state index >= 15 is 0 Å². The van der Waals surface area contributed by atoms with Crippen molar-refractivity contribution in [2.45, 2.75) is 6.10 Å². The van der Waals surface area contributed by atoms with Crippen LogP contribution in [0, 0.1) is 0 Å². The van der Waals surface area contributed by atoms with E-state index in [9.17, 15) is 4.79 Å². The largest absolute Gasteiger partial charge is 0.373 e. The van der Waals surface area contributed by atoms with E-state index in [2.05, 4.69) is 0 Å². The van der Waals surface area contributed by atoms with Crippen molar-refractivity contribution in [3.05, 3.63) is 20.3 Å². The van der Waals surface area contributed by atoms with Crippen LogP contribution in [0.1, 0.15) is 10.4 Å². The Hall–Kier alpha value is -0.330. The van der Waals surface area contributed by atoms with Crippen molar-refractivity contribution in [1.82, 2.24) is 4.90 Å². The van der Waals surface area contributed by atoms with Gasteiger partial charge in [0.25, 0.3) is 5.91 Å². The van der Waals surface area contributed by atoms with Crippen molar-refractivity contribution in [2.24, 2.45) is 5.73 Å². The van der Waals surface area contributed by atoms with Crippen LogP contribution in [0.25, 0.3) is 0 Å². The number of carbonyl (C=O) groups is 1. The van der Waals surface area contributed by atoms with Gasteiger partial charge in [-0.1, -0.05) is 23.2 Å². The maximum absolute atomic E-state index is 12.2. The topological polar surface area (TPSA) is 55.6 Å². The highest BCUT2D eigenvalue weighted by molar-refractivity contribution is 7.20. The van der Waals surface area contributed by atoms with Gasteiger partial charge < -0.3 is 15.4 Å². The maximum Gasteiger partial charge on any atom is 0.256 e. The zero-order valence-electron chi connectivity index (χ0n) is 8.99. The Morgan fingerprint density at radius 1 is 1.65 bits per heavy atom. The van der Waals surface area contributed by atoms with Gasteiger partial charge in [-0.3, -0.25) is 4.79 Å². The second kappa shape index (κ2) is 5.54. The minimum absolute atomic E-state index is 0.0967. The van der Waals surface area contributed by atoms with Crippen LogP contribution in [0.3, 0.4) is 0 Å². The lowest BCUT2D eigenvalue weighted by atomic mass is 10.2. The molecule has 0 radical (unpaired) electrons. The van der Waals surface area contributed by atoms with Crippen molar-refractivity contribution in [2.75, 3.05) is 26.2 Å². The molecular weight excluding hydrogens is 283 g/mol. The molecule has 1 fully saturated rings. The summed E-state index contributed by atoms with van der Waals surface area (Å²) < 4.78 is 6.35. The average molecular weight is 295 g/mol. The number of amides is 1. The zero-order chi connectivity index (χ0) is 12.4. The number of carbonyl (C=O) groups excluding carboxylic acids is 1. The van der Waals surface area contributed by atoms with Crippen LogP contribution < -0.4 is 5.73 Å². The number of halogens is 2. The summed E-state index contributed by atoms with van der Waals surface area (Å²) in [6, 6.07) is 1.60. The van der Waals surface area contributed by atoms with Crippen molar-refractivity contribution >= 4 is 40.4 Å². The highest BCUT2D eigenvalue weighted by atomic mass is 35.5. The molecule has 2 heterocycles. The molecule has 2 N–H and O–H groups in total. The van der Waals surface area contributed by atoms with Gasteiger partial charge in [-0.25, -0.2) is 0 Å². The van der Waals surface area contributed by atoms with Gasteiger partial charge in [0.05, 0.1) is 22.6 Å². The second-order valence-electron chi connectivity index (χ2n) is 3.72. The Kier molecular flexibility index (Phi) is 4.27. The summed E-state index contributed by atoms with van der Waals surface area (Å²) in [5.41, 5.74) is 5.99. The quantitative estimate of drug-likeness (QED) is 0.906. The van der Waals surface area contributed by atoms with Gasteiger partial charge in [0.2, 0.25) is 0 Å². The van der Waals surface area contributed by atoms with Gasteiger partial charge in [0, 0.05) is 19.6 Å². The fourth-order valence-corrected chi connectivity index (χ4v) is 3.15. The molecular formula is C10H12Cl2N2O2S. The minimum atomic E-state index is -0.111. The second-order valence-corrected chi connectivity index (χ2v) is 6.00. The van der Waals surface area contributed by atoms with E-state index in [0.717, 1.165) is 0 Å². The van der Waals surface area contributed by atoms with Gasteiger partial charge in [0.15, 0.2) is 0 Å². The fraction of sp³-hybridized carbons (Fsp3) is 0.500. The Bertz CT molecular complexity index is 424. The number of nitrogens with zero attached hydrogens (tertiary/aromatic N) is 1. The molecule has 1 aromatic rings. The first-order chi connectivity index (χ1) is 8.11. The van der Waals surface area contributed by atoms with Gasteiger partial charge in [-0.15, -0.1) is 11.3 Å². The highest BCUT2D eigenvalue weighted by Gasteiger charge is 2.26. The number of thiophene rings is 1. The summed E-state index contributed by atoms with van der Waals surface area (Å²) in [7, 11) is 0. The molecule has 0 bridgehead atoms. The molecule has 1 amide bonds. The average Bonchev–Trinajstić information content (AvgIpc) is 2.67. The summed E-state index contributed by atoms with van der Waals surface area (Å²) in [5, 5.41) is 0. The van der Waals surface area contributed by atoms with E-state index in [4.69, 9.17) is 33.7 Å². The molecule has 17 heavy (non-hydrogen) atoms. The normalized spacial score (nSPS) is 20.6. The lowest BCUT2D eigenvalue weighted by Gasteiger charge is -2.32. The Labute approximate surface area is 113 Å². The SMILES string of the molecule is NCC1CN(C(=O)c2cc(Cl)sc2Cl)CCO1. The molecule has 1 aliphatic rings. The van der Waals surface area contributed by atoms with Crippen LogP contribution in [0.2, 0.25) is 8.67 Å². The van der Waals surface area contributed by atoms with Crippen LogP contribution in [-0.2, 0) is 4.74 Å². The van der Waals surface area contributed by atoms with Crippen molar-refractivity contribution < 1.29 is 9.53 Å². The van der Waals surface area contributed by atoms with E-state index in [0.29, 0.717) is 40.5 Å². The van der Waals surface area contributed by atoms with E-state index in [1.54, 1.807) is 11.0 Å². The van der Waals surface area contributed by atoms with Gasteiger partial charge in [-0.05, 0) is 6.07 Å². The minimum Gasteiger partial charge on any atom is -0.373 e. The number of hydrogen-bond acceptors (Lipinski definition) is 4. The predicted molar refractivity (Wildman–Crippen MR) is 69.0 cm³/mol. The predicted octanol–water partition coefficient (Wildman–Crippen LogP) is 1.85. The molecule has 1 aromatic heterocycles. The van der Waals surface area contributed by atoms with E-state index in [1.807, 2.05) is 0 Å². The standard InChI is InChI=1S/C10H12Cl2N2O2S/c11-8-3-7(9(12)17-8)10(15)14-1-2-16-6(4-13)5-14/h3,6H,1-2,4-5,13H2. The molecule has 2 rings (SSSR count). The number of rotatable bonds is 2. The van der Waals surface area contributed by atoms with Gasteiger partial charge >= 0.3 is 0 Å². The van der Waals surface area contributed by atoms with Crippen molar-refractivity contribution in [3.8, 4) is 0 Å². The van der Waals surface area contributed by atoms with Crippen LogP contribution in [-0.4, -0.2) is 43.2 Å². The Morgan fingerprint density at radius 3 is 3.00 bits per heavy atom. The molecule has 1 saturated heterocycles. The first-order valence-corrected chi connectivity index (χ1v) is 6.75. The fourth-order valence-electron chi connectivity index (χ4n) is 1.70. The smallest absolute Gasteiger partial charge is 0.256 e. The molecule has 1 atom stereocenters. The molecule has 1 unspecified atom stereocenters. The molecule has 94 valence electrons. The molecule has 0 aromatic carbocycles. The third-order valence-corrected chi connectivity index (χ3v) is 4.06. The molecule has 0 aliphatic carbocycles. The first kappa shape index (κ1) is 13.1. The summed E-state index contributed by atoms with van der Waals surface area (Å²) >= 11 is 13.0. The zero-order valence-corrected chi connectivity index (χ0v) is 11.3. The van der Waals surface area contributed by atoms with Gasteiger partial charge in [-0.2, -0.15) is 0 Å². The van der Waals surface area contributed by atoms with E-state index in [-0.39, 0.29) is 12.0 Å². The number of nitrogens with two attached hydrogens (primary N) is 1. The van der Waals surface area contributed by atoms with Crippen LogP contribution in [0.4, 0.5) is 0 Å². The van der Waals surface area contributed by atoms with Crippen LogP contribution in [0.15, 0.2) is 6.07 Å². The molecule has 0 spiro atoms. The monoisotopic (exact) mass is 294 g/mol.